The van der Waals surface area contributed by atoms with Crippen molar-refractivity contribution in [2.75, 3.05) is 0 Å². The van der Waals surface area contributed by atoms with E-state index in [0.717, 1.165) is 21.5 Å². The molecular weight excluding hydrogens is 592 g/mol. The number of hydrogen-bond donors (Lipinski definition) is 0. The summed E-state index contributed by atoms with van der Waals surface area (Å²) in [6.07, 6.45) is -9.35. The van der Waals surface area contributed by atoms with Crippen LogP contribution in [-0.2, 0) is 0 Å². The number of nitrogens with zero attached hydrogens (tertiary/aromatic N) is 1. The second kappa shape index (κ2) is 11.5. The van der Waals surface area contributed by atoms with Gasteiger partial charge in [0.25, 0.3) is 5.78 Å². The van der Waals surface area contributed by atoms with Crippen LogP contribution in [-0.4, -0.2) is 32.1 Å². The van der Waals surface area contributed by atoms with Gasteiger partial charge in [-0.15, -0.1) is 0 Å². The highest BCUT2D eigenvalue weighted by molar-refractivity contribution is 6.75. The maximum Gasteiger partial charge on any atom is 0.454 e. The van der Waals surface area contributed by atoms with Gasteiger partial charge in [-0.3, -0.25) is 4.79 Å². The molecule has 9 heteroatoms. The monoisotopic (exact) mass is 619 g/mol. The van der Waals surface area contributed by atoms with Crippen molar-refractivity contribution in [2.24, 2.45) is 4.66 Å². The molecule has 6 aromatic carbocycles. The molecule has 0 aromatic heterocycles. The molecule has 0 radical (unpaired) electrons. The summed E-state index contributed by atoms with van der Waals surface area (Å²) in [5.41, 5.74) is -0.894. The molecule has 6 aromatic rings. The Kier molecular flexibility index (Phi) is 8.11. The van der Waals surface area contributed by atoms with E-state index in [0.29, 0.717) is 21.5 Å². The van der Waals surface area contributed by atoms with E-state index >= 15 is 0 Å². The van der Waals surface area contributed by atoms with Gasteiger partial charge in [-0.2, -0.15) is 26.3 Å². The van der Waals surface area contributed by atoms with Crippen LogP contribution in [0.5, 0.6) is 0 Å². The first-order valence-corrected chi connectivity index (χ1v) is 17.2. The average molecular weight is 620 g/mol. The van der Waals surface area contributed by atoms with Crippen molar-refractivity contribution in [1.82, 2.24) is 0 Å². The van der Waals surface area contributed by atoms with Crippen molar-refractivity contribution in [1.29, 1.82) is 0 Å². The van der Waals surface area contributed by atoms with E-state index < -0.39 is 32.1 Å². The molecule has 0 fully saturated rings. The lowest BCUT2D eigenvalue weighted by atomic mass is 9.95. The van der Waals surface area contributed by atoms with Crippen molar-refractivity contribution >= 4 is 62.8 Å². The third-order valence-corrected chi connectivity index (χ3v) is 7.90. The molecule has 6 rings (SSSR count). The van der Waals surface area contributed by atoms with Gasteiger partial charge in [-0.05, 0) is 74.9 Å². The average Bonchev–Trinajstić information content (AvgIpc) is 2.98. The lowest BCUT2D eigenvalue weighted by Crippen LogP contribution is -2.30. The third-order valence-electron chi connectivity index (χ3n) is 7.01. The van der Waals surface area contributed by atoms with Gasteiger partial charge in [-0.25, -0.2) is 0 Å². The van der Waals surface area contributed by atoms with Crippen LogP contribution < -0.4 is 0 Å². The molecule has 0 aliphatic heterocycles. The Morgan fingerprint density at radius 3 is 1.30 bits per heavy atom. The van der Waals surface area contributed by atoms with Crippen LogP contribution in [0, 0.1) is 0 Å². The number of alkyl halides is 6. The molecule has 0 amide bonds. The quantitative estimate of drug-likeness (QED) is 0.0637. The molecule has 44 heavy (non-hydrogen) atoms. The molecule has 224 valence electrons. The molecule has 0 aliphatic carbocycles. The maximum atomic E-state index is 13.8. The standard InChI is InChI=1S/C19H18F3NSi.C16H9F3O/c1-24(2,3)23-18(19(20,21)22)17-12-13-8-4-5-9-14(13)15-10-6-7-11-16(15)17;17-16(18,19)15(20)14-9-10-5-1-2-6-11(10)12-7-3-4-8-13(12)14/h4-12H,1-3H3;1-9H. The second-order valence-corrected chi connectivity index (χ2v) is 15.9. The molecular formula is C35H27F6NOSi. The van der Waals surface area contributed by atoms with Crippen LogP contribution in [0.1, 0.15) is 15.9 Å². The minimum absolute atomic E-state index is 0.166. The smallest absolute Gasteiger partial charge is 0.317 e. The SMILES string of the molecule is C[Si](C)(C)N=C(c1cc2ccccc2c2ccccc12)C(F)(F)F.O=C(c1cc2ccccc2c2ccccc12)C(F)(F)F. The summed E-state index contributed by atoms with van der Waals surface area (Å²) >= 11 is 0. The van der Waals surface area contributed by atoms with Gasteiger partial charge in [0.1, 0.15) is 5.71 Å². The Morgan fingerprint density at radius 2 is 0.886 bits per heavy atom. The summed E-state index contributed by atoms with van der Waals surface area (Å²) in [6.45, 7) is 5.42. The lowest BCUT2D eigenvalue weighted by Gasteiger charge is -2.19. The zero-order chi connectivity index (χ0) is 31.9. The summed E-state index contributed by atoms with van der Waals surface area (Å²) in [4.78, 5) is 11.6. The molecule has 0 bridgehead atoms. The Bertz CT molecular complexity index is 2060. The third kappa shape index (κ3) is 6.38. The highest BCUT2D eigenvalue weighted by Crippen LogP contribution is 2.35. The van der Waals surface area contributed by atoms with Gasteiger partial charge in [0.05, 0.1) is 0 Å². The van der Waals surface area contributed by atoms with Gasteiger partial charge < -0.3 is 4.66 Å². The molecule has 0 spiro atoms. The van der Waals surface area contributed by atoms with Gasteiger partial charge >= 0.3 is 12.4 Å². The summed E-state index contributed by atoms with van der Waals surface area (Å²) < 4.78 is 83.5. The summed E-state index contributed by atoms with van der Waals surface area (Å²) in [6, 6.07) is 31.4. The van der Waals surface area contributed by atoms with Crippen molar-refractivity contribution in [2.45, 2.75) is 32.0 Å². The number of rotatable bonds is 3. The molecule has 0 heterocycles. The largest absolute Gasteiger partial charge is 0.454 e. The zero-order valence-corrected chi connectivity index (χ0v) is 25.0. The van der Waals surface area contributed by atoms with E-state index in [-0.39, 0.29) is 11.1 Å². The van der Waals surface area contributed by atoms with Gasteiger partial charge in [-0.1, -0.05) is 97.1 Å². The predicted molar refractivity (Wildman–Crippen MR) is 169 cm³/mol. The van der Waals surface area contributed by atoms with E-state index in [1.807, 2.05) is 68.2 Å². The van der Waals surface area contributed by atoms with E-state index in [9.17, 15) is 31.1 Å². The normalized spacial score (nSPS) is 12.9. The van der Waals surface area contributed by atoms with E-state index in [4.69, 9.17) is 0 Å². The fraction of sp³-hybridized carbons (Fsp3) is 0.143. The Morgan fingerprint density at radius 1 is 0.523 bits per heavy atom. The van der Waals surface area contributed by atoms with Gasteiger partial charge in [0.15, 0.2) is 8.24 Å². The number of benzene rings is 6. The number of carbonyl (C=O) groups excluding carboxylic acids is 1. The fourth-order valence-electron chi connectivity index (χ4n) is 5.26. The first-order valence-electron chi connectivity index (χ1n) is 13.7. The van der Waals surface area contributed by atoms with Crippen LogP contribution in [0.3, 0.4) is 0 Å². The first-order chi connectivity index (χ1) is 20.6. The summed E-state index contributed by atoms with van der Waals surface area (Å²) in [5, 5.41) is 5.58. The number of Topliss-reactive ketones (excluding diaryl/α,β-unsaturated/α-hetero) is 1. The molecule has 2 nitrogen and oxygen atoms in total. The molecule has 0 saturated carbocycles. The summed E-state index contributed by atoms with van der Waals surface area (Å²) in [5.74, 6) is -1.81. The van der Waals surface area contributed by atoms with E-state index in [2.05, 4.69) is 4.66 Å². The van der Waals surface area contributed by atoms with Crippen LogP contribution >= 0.6 is 0 Å². The van der Waals surface area contributed by atoms with Crippen molar-refractivity contribution < 1.29 is 31.1 Å². The molecule has 0 unspecified atom stereocenters. The Hall–Kier alpha value is -4.50. The zero-order valence-electron chi connectivity index (χ0n) is 24.0. The van der Waals surface area contributed by atoms with E-state index in [1.54, 1.807) is 54.6 Å². The molecule has 0 saturated heterocycles. The van der Waals surface area contributed by atoms with Gasteiger partial charge in [0, 0.05) is 11.1 Å². The molecule has 0 aliphatic rings. The molecule has 0 N–H and O–H groups in total. The number of fused-ring (bicyclic) bond motifs is 6. The van der Waals surface area contributed by atoms with Crippen molar-refractivity contribution in [3.05, 3.63) is 120 Å². The number of carbonyl (C=O) groups is 1. The number of hydrogen-bond acceptors (Lipinski definition) is 2. The van der Waals surface area contributed by atoms with Crippen molar-refractivity contribution in [3.63, 3.8) is 0 Å². The minimum atomic E-state index is -4.87. The Labute approximate surface area is 250 Å². The van der Waals surface area contributed by atoms with Crippen LogP contribution in [0.2, 0.25) is 19.6 Å². The minimum Gasteiger partial charge on any atom is -0.317 e. The maximum absolute atomic E-state index is 13.8. The lowest BCUT2D eigenvalue weighted by molar-refractivity contribution is -0.0884. The highest BCUT2D eigenvalue weighted by atomic mass is 28.3. The van der Waals surface area contributed by atoms with Crippen LogP contribution in [0.15, 0.2) is 114 Å². The molecule has 0 atom stereocenters. The second-order valence-electron chi connectivity index (χ2n) is 11.3. The number of halogens is 6. The van der Waals surface area contributed by atoms with Crippen LogP contribution in [0.4, 0.5) is 26.3 Å². The highest BCUT2D eigenvalue weighted by Gasteiger charge is 2.40. The first kappa shape index (κ1) is 30.9. The fourth-order valence-corrected chi connectivity index (χ4v) is 6.17. The van der Waals surface area contributed by atoms with Gasteiger partial charge in [0.2, 0.25) is 0 Å². The Balaban J connectivity index is 0.000000177. The van der Waals surface area contributed by atoms with Crippen molar-refractivity contribution in [3.8, 4) is 0 Å². The van der Waals surface area contributed by atoms with Crippen LogP contribution in [0.25, 0.3) is 43.1 Å². The predicted octanol–water partition coefficient (Wildman–Crippen LogP) is 10.9. The number of ketones is 1. The summed E-state index contributed by atoms with van der Waals surface area (Å²) in [7, 11) is -2.30. The van der Waals surface area contributed by atoms with E-state index in [1.165, 1.54) is 6.07 Å². The topological polar surface area (TPSA) is 29.4 Å².